The quantitative estimate of drug-likeness (QED) is 0.746. The van der Waals surface area contributed by atoms with Gasteiger partial charge in [0.15, 0.2) is 0 Å². The summed E-state index contributed by atoms with van der Waals surface area (Å²) in [6.07, 6.45) is 0. The molecule has 0 unspecified atom stereocenters. The lowest BCUT2D eigenvalue weighted by molar-refractivity contribution is 0.397. The summed E-state index contributed by atoms with van der Waals surface area (Å²) in [5.41, 5.74) is 3.65. The van der Waals surface area contributed by atoms with Gasteiger partial charge < -0.3 is 8.92 Å². The van der Waals surface area contributed by atoms with Crippen LogP contribution in [0.15, 0.2) is 35.2 Å². The molecule has 130 valence electrons. The third-order valence-electron chi connectivity index (χ3n) is 3.99. The number of rotatable bonds is 5. The molecule has 2 aromatic carbocycles. The third-order valence-corrected chi connectivity index (χ3v) is 5.24. The minimum absolute atomic E-state index is 0.0557. The second-order valence-electron chi connectivity index (χ2n) is 6.32. The first-order valence-electron chi connectivity index (χ1n) is 7.86. The number of hydrogen-bond acceptors (Lipinski definition) is 4. The van der Waals surface area contributed by atoms with Crippen LogP contribution in [0.5, 0.6) is 11.5 Å². The molecule has 0 aliphatic rings. The highest BCUT2D eigenvalue weighted by atomic mass is 32.2. The van der Waals surface area contributed by atoms with E-state index in [0.29, 0.717) is 11.5 Å². The van der Waals surface area contributed by atoms with Gasteiger partial charge in [-0.2, -0.15) is 8.42 Å². The van der Waals surface area contributed by atoms with Crippen molar-refractivity contribution in [1.29, 1.82) is 0 Å². The Hall–Kier alpha value is -2.01. The van der Waals surface area contributed by atoms with Gasteiger partial charge in [0, 0.05) is 0 Å². The minimum Gasteiger partial charge on any atom is -0.495 e. The summed E-state index contributed by atoms with van der Waals surface area (Å²) in [5, 5.41) is 0. The fourth-order valence-electron chi connectivity index (χ4n) is 2.61. The van der Waals surface area contributed by atoms with E-state index in [4.69, 9.17) is 8.92 Å². The van der Waals surface area contributed by atoms with Crippen LogP contribution < -0.4 is 8.92 Å². The smallest absolute Gasteiger partial charge is 0.342 e. The fraction of sp³-hybridized carbons (Fsp3) is 0.368. The number of ether oxygens (including phenoxy) is 1. The molecule has 4 nitrogen and oxygen atoms in total. The first-order valence-corrected chi connectivity index (χ1v) is 9.26. The molecule has 0 N–H and O–H groups in total. The summed E-state index contributed by atoms with van der Waals surface area (Å²) in [6, 6.07) is 8.87. The highest BCUT2D eigenvalue weighted by molar-refractivity contribution is 7.87. The summed E-state index contributed by atoms with van der Waals surface area (Å²) in [7, 11) is -2.53. The van der Waals surface area contributed by atoms with Gasteiger partial charge in [0.1, 0.15) is 16.4 Å². The molecule has 0 fully saturated rings. The number of hydrogen-bond donors (Lipinski definition) is 0. The van der Waals surface area contributed by atoms with Gasteiger partial charge in [-0.3, -0.25) is 0 Å². The largest absolute Gasteiger partial charge is 0.495 e. The van der Waals surface area contributed by atoms with Crippen molar-refractivity contribution < 1.29 is 17.3 Å². The standard InChI is InChI=1S/C19H24O4S/c1-12(2)16-11-19(18(22-6)10-15(16)5)24(20,21)23-17-9-13(3)7-8-14(17)4/h7-12H,1-6H3. The topological polar surface area (TPSA) is 52.6 Å². The van der Waals surface area contributed by atoms with E-state index in [0.717, 1.165) is 22.3 Å². The van der Waals surface area contributed by atoms with Crippen LogP contribution in [0.25, 0.3) is 0 Å². The van der Waals surface area contributed by atoms with Crippen molar-refractivity contribution in [1.82, 2.24) is 0 Å². The fourth-order valence-corrected chi connectivity index (χ4v) is 3.78. The van der Waals surface area contributed by atoms with Crippen molar-refractivity contribution in [3.8, 4) is 11.5 Å². The van der Waals surface area contributed by atoms with Gasteiger partial charge in [0.2, 0.25) is 0 Å². The molecule has 0 saturated carbocycles. The van der Waals surface area contributed by atoms with E-state index >= 15 is 0 Å². The monoisotopic (exact) mass is 348 g/mol. The van der Waals surface area contributed by atoms with Gasteiger partial charge in [-0.15, -0.1) is 0 Å². The minimum atomic E-state index is -3.99. The van der Waals surface area contributed by atoms with Gasteiger partial charge in [-0.25, -0.2) is 0 Å². The zero-order valence-electron chi connectivity index (χ0n) is 15.0. The SMILES string of the molecule is COc1cc(C)c(C(C)C)cc1S(=O)(=O)Oc1cc(C)ccc1C. The summed E-state index contributed by atoms with van der Waals surface area (Å²) in [6.45, 7) is 9.70. The Morgan fingerprint density at radius 1 is 0.917 bits per heavy atom. The van der Waals surface area contributed by atoms with Crippen LogP contribution in [0.2, 0.25) is 0 Å². The van der Waals surface area contributed by atoms with Gasteiger partial charge in [0.25, 0.3) is 0 Å². The molecule has 0 saturated heterocycles. The normalized spacial score (nSPS) is 11.6. The average Bonchev–Trinajstić information content (AvgIpc) is 2.49. The predicted octanol–water partition coefficient (Wildman–Crippen LogP) is 4.51. The second-order valence-corrected chi connectivity index (χ2v) is 7.84. The zero-order chi connectivity index (χ0) is 18.1. The molecule has 0 spiro atoms. The highest BCUT2D eigenvalue weighted by Gasteiger charge is 2.25. The van der Waals surface area contributed by atoms with Gasteiger partial charge in [0.05, 0.1) is 7.11 Å². The van der Waals surface area contributed by atoms with E-state index in [2.05, 4.69) is 0 Å². The van der Waals surface area contributed by atoms with Crippen LogP contribution in [0, 0.1) is 20.8 Å². The second kappa shape index (κ2) is 6.85. The highest BCUT2D eigenvalue weighted by Crippen LogP contribution is 2.33. The Morgan fingerprint density at radius 2 is 1.58 bits per heavy atom. The molecular weight excluding hydrogens is 324 g/mol. The van der Waals surface area contributed by atoms with E-state index in [1.165, 1.54) is 7.11 Å². The molecule has 2 aromatic rings. The van der Waals surface area contributed by atoms with Crippen LogP contribution in [0.3, 0.4) is 0 Å². The van der Waals surface area contributed by atoms with E-state index in [1.54, 1.807) is 18.2 Å². The van der Waals surface area contributed by atoms with Crippen LogP contribution in [0.1, 0.15) is 42.0 Å². The van der Waals surface area contributed by atoms with Crippen molar-refractivity contribution in [3.63, 3.8) is 0 Å². The Morgan fingerprint density at radius 3 is 2.17 bits per heavy atom. The number of benzene rings is 2. The molecule has 5 heteroatoms. The molecule has 0 bridgehead atoms. The molecular formula is C19H24O4S. The molecule has 0 radical (unpaired) electrons. The van der Waals surface area contributed by atoms with Crippen molar-refractivity contribution >= 4 is 10.1 Å². The number of aryl methyl sites for hydroxylation is 3. The maximum absolute atomic E-state index is 12.8. The lowest BCUT2D eigenvalue weighted by atomic mass is 9.98. The van der Waals surface area contributed by atoms with Gasteiger partial charge in [-0.05, 0) is 67.1 Å². The van der Waals surface area contributed by atoms with E-state index in [1.807, 2.05) is 46.8 Å². The molecule has 0 aromatic heterocycles. The third kappa shape index (κ3) is 3.73. The van der Waals surface area contributed by atoms with E-state index < -0.39 is 10.1 Å². The summed E-state index contributed by atoms with van der Waals surface area (Å²) >= 11 is 0. The van der Waals surface area contributed by atoms with Crippen LogP contribution in [0.4, 0.5) is 0 Å². The molecule has 0 amide bonds. The maximum atomic E-state index is 12.8. The van der Waals surface area contributed by atoms with Crippen LogP contribution >= 0.6 is 0 Å². The molecule has 24 heavy (non-hydrogen) atoms. The van der Waals surface area contributed by atoms with E-state index in [9.17, 15) is 8.42 Å². The van der Waals surface area contributed by atoms with Crippen LogP contribution in [-0.4, -0.2) is 15.5 Å². The first kappa shape index (κ1) is 18.3. The van der Waals surface area contributed by atoms with Gasteiger partial charge in [-0.1, -0.05) is 26.0 Å². The molecule has 0 heterocycles. The summed E-state index contributed by atoms with van der Waals surface area (Å²) in [4.78, 5) is 0.0557. The Balaban J connectivity index is 2.56. The summed E-state index contributed by atoms with van der Waals surface area (Å²) in [5.74, 6) is 0.830. The average molecular weight is 348 g/mol. The Bertz CT molecular complexity index is 852. The Kier molecular flexibility index (Phi) is 5.23. The maximum Gasteiger partial charge on any atom is 0.342 e. The molecule has 0 aliphatic heterocycles. The van der Waals surface area contributed by atoms with E-state index in [-0.39, 0.29) is 10.8 Å². The molecule has 0 atom stereocenters. The Labute approximate surface area is 144 Å². The van der Waals surface area contributed by atoms with Crippen molar-refractivity contribution in [2.24, 2.45) is 0 Å². The lowest BCUT2D eigenvalue weighted by Gasteiger charge is -2.17. The number of methoxy groups -OCH3 is 1. The predicted molar refractivity (Wildman–Crippen MR) is 95.5 cm³/mol. The van der Waals surface area contributed by atoms with Gasteiger partial charge >= 0.3 is 10.1 Å². The lowest BCUT2D eigenvalue weighted by Crippen LogP contribution is -2.13. The van der Waals surface area contributed by atoms with Crippen molar-refractivity contribution in [2.75, 3.05) is 7.11 Å². The molecule has 0 aliphatic carbocycles. The zero-order valence-corrected chi connectivity index (χ0v) is 15.8. The summed E-state index contributed by atoms with van der Waals surface area (Å²) < 4.78 is 36.3. The first-order chi connectivity index (χ1) is 11.2. The van der Waals surface area contributed by atoms with Crippen LogP contribution in [-0.2, 0) is 10.1 Å². The molecule has 2 rings (SSSR count). The van der Waals surface area contributed by atoms with Crippen molar-refractivity contribution in [3.05, 3.63) is 52.6 Å². The van der Waals surface area contributed by atoms with Crippen molar-refractivity contribution in [2.45, 2.75) is 45.4 Å².